The monoisotopic (exact) mass is 353 g/mol. The van der Waals surface area contributed by atoms with Gasteiger partial charge in [-0.2, -0.15) is 0 Å². The van der Waals surface area contributed by atoms with Crippen molar-refractivity contribution in [3.8, 4) is 0 Å². The Morgan fingerprint density at radius 3 is 2.68 bits per heavy atom. The molecule has 3 rings (SSSR count). The number of hydrogen-bond acceptors (Lipinski definition) is 2. The summed E-state index contributed by atoms with van der Waals surface area (Å²) < 4.78 is 0. The van der Waals surface area contributed by atoms with E-state index in [0.717, 1.165) is 13.1 Å². The van der Waals surface area contributed by atoms with Crippen molar-refractivity contribution >= 4 is 28.0 Å². The van der Waals surface area contributed by atoms with Crippen LogP contribution in [0.5, 0.6) is 0 Å². The average Bonchev–Trinajstić information content (AvgIpc) is 3.13. The third-order valence-corrected chi connectivity index (χ3v) is 5.46. The second-order valence-corrected chi connectivity index (χ2v) is 7.43. The van der Waals surface area contributed by atoms with Gasteiger partial charge in [0.1, 0.15) is 6.54 Å². The third-order valence-electron chi connectivity index (χ3n) is 4.58. The first-order valence-corrected chi connectivity index (χ1v) is 9.68. The van der Waals surface area contributed by atoms with Gasteiger partial charge in [0.2, 0.25) is 0 Å². The first-order valence-electron chi connectivity index (χ1n) is 8.80. The van der Waals surface area contributed by atoms with Crippen molar-refractivity contribution < 1.29 is 9.69 Å². The van der Waals surface area contributed by atoms with Crippen LogP contribution < -0.4 is 10.2 Å². The van der Waals surface area contributed by atoms with Crippen LogP contribution in [0.3, 0.4) is 0 Å². The molecule has 4 heteroatoms. The predicted octanol–water partition coefficient (Wildman–Crippen LogP) is 3.18. The molecule has 3 nitrogen and oxygen atoms in total. The molecular weight excluding hydrogens is 328 g/mol. The zero-order chi connectivity index (χ0) is 17.6. The maximum Gasteiger partial charge on any atom is 0.275 e. The average molecular weight is 354 g/mol. The van der Waals surface area contributed by atoms with Gasteiger partial charge in [-0.3, -0.25) is 4.79 Å². The van der Waals surface area contributed by atoms with Gasteiger partial charge in [-0.25, -0.2) is 0 Å². The van der Waals surface area contributed by atoms with Gasteiger partial charge in [-0.15, -0.1) is 11.3 Å². The summed E-state index contributed by atoms with van der Waals surface area (Å²) in [4.78, 5) is 15.1. The maximum absolute atomic E-state index is 12.5. The van der Waals surface area contributed by atoms with Gasteiger partial charge >= 0.3 is 0 Å². The van der Waals surface area contributed by atoms with Crippen molar-refractivity contribution in [2.45, 2.75) is 26.4 Å². The zero-order valence-electron chi connectivity index (χ0n) is 14.8. The Balaban J connectivity index is 1.65. The summed E-state index contributed by atoms with van der Waals surface area (Å²) in [6.45, 7) is 6.54. The van der Waals surface area contributed by atoms with Crippen molar-refractivity contribution in [2.24, 2.45) is 0 Å². The smallest absolute Gasteiger partial charge is 0.275 e. The van der Waals surface area contributed by atoms with Crippen molar-refractivity contribution in [3.05, 3.63) is 70.4 Å². The van der Waals surface area contributed by atoms with Crippen molar-refractivity contribution in [3.63, 3.8) is 0 Å². The molecule has 2 aromatic carbocycles. The lowest BCUT2D eigenvalue weighted by atomic mass is 10.00. The van der Waals surface area contributed by atoms with Gasteiger partial charge in [-0.1, -0.05) is 48.5 Å². The zero-order valence-corrected chi connectivity index (χ0v) is 15.6. The molecule has 2 N–H and O–H groups in total. The van der Waals surface area contributed by atoms with E-state index in [-0.39, 0.29) is 11.9 Å². The Morgan fingerprint density at radius 1 is 1.12 bits per heavy atom. The molecule has 3 aromatic rings. The lowest BCUT2D eigenvalue weighted by molar-refractivity contribution is -0.903. The maximum atomic E-state index is 12.5. The van der Waals surface area contributed by atoms with E-state index >= 15 is 0 Å². The summed E-state index contributed by atoms with van der Waals surface area (Å²) in [5, 5.41) is 7.68. The van der Waals surface area contributed by atoms with Crippen molar-refractivity contribution in [1.29, 1.82) is 0 Å². The van der Waals surface area contributed by atoms with E-state index in [2.05, 4.69) is 67.0 Å². The number of quaternary nitrogens is 1. The molecule has 0 spiro atoms. The number of nitrogens with one attached hydrogen (secondary N) is 2. The molecule has 0 aliphatic heterocycles. The molecule has 0 fully saturated rings. The molecule has 0 saturated carbocycles. The molecule has 130 valence electrons. The van der Waals surface area contributed by atoms with E-state index in [1.54, 1.807) is 11.3 Å². The first kappa shape index (κ1) is 17.6. The van der Waals surface area contributed by atoms with E-state index in [0.29, 0.717) is 6.54 Å². The lowest BCUT2D eigenvalue weighted by Gasteiger charge is -2.20. The van der Waals surface area contributed by atoms with E-state index < -0.39 is 0 Å². The molecule has 0 saturated heterocycles. The topological polar surface area (TPSA) is 33.5 Å². The van der Waals surface area contributed by atoms with Gasteiger partial charge in [0, 0.05) is 0 Å². The third kappa shape index (κ3) is 4.47. The number of fused-ring (bicyclic) bond motifs is 1. The van der Waals surface area contributed by atoms with E-state index in [9.17, 15) is 4.79 Å². The fourth-order valence-electron chi connectivity index (χ4n) is 3.20. The second kappa shape index (κ2) is 8.28. The highest BCUT2D eigenvalue weighted by molar-refractivity contribution is 7.09. The van der Waals surface area contributed by atoms with E-state index in [4.69, 9.17) is 0 Å². The van der Waals surface area contributed by atoms with Crippen LogP contribution in [0.1, 0.15) is 30.3 Å². The number of hydrogen-bond donors (Lipinski definition) is 2. The highest BCUT2D eigenvalue weighted by atomic mass is 32.1. The number of thiophene rings is 1. The van der Waals surface area contributed by atoms with Crippen molar-refractivity contribution in [2.75, 3.05) is 13.1 Å². The molecule has 1 amide bonds. The highest BCUT2D eigenvalue weighted by Crippen LogP contribution is 2.23. The fourth-order valence-corrected chi connectivity index (χ4v) is 3.97. The molecule has 0 bridgehead atoms. The highest BCUT2D eigenvalue weighted by Gasteiger charge is 2.17. The summed E-state index contributed by atoms with van der Waals surface area (Å²) in [6.07, 6.45) is 0. The number of rotatable bonds is 7. The Bertz CT molecular complexity index is 824. The summed E-state index contributed by atoms with van der Waals surface area (Å²) >= 11 is 1.75. The molecule has 0 radical (unpaired) electrons. The molecular formula is C21H25N2OS+. The van der Waals surface area contributed by atoms with Crippen LogP contribution in [0, 0.1) is 0 Å². The molecule has 1 aromatic heterocycles. The standard InChI is InChI=1S/C21H24N2OS/c1-3-23(14-18-10-7-13-25-18)15-21(24)22-16(2)19-12-6-9-17-8-4-5-11-20(17)19/h4-13,16H,3,14-15H2,1-2H3,(H,22,24)/p+1/t16-/m0/s1. The minimum atomic E-state index is -0.00144. The van der Waals surface area contributed by atoms with Crippen LogP contribution in [0.2, 0.25) is 0 Å². The van der Waals surface area contributed by atoms with Crippen molar-refractivity contribution in [1.82, 2.24) is 5.32 Å². The minimum Gasteiger partial charge on any atom is -0.345 e. The van der Waals surface area contributed by atoms with Crippen LogP contribution in [0.15, 0.2) is 60.0 Å². The Hall–Kier alpha value is -2.17. The largest absolute Gasteiger partial charge is 0.345 e. The summed E-state index contributed by atoms with van der Waals surface area (Å²) in [7, 11) is 0. The lowest BCUT2D eigenvalue weighted by Crippen LogP contribution is -3.11. The van der Waals surface area contributed by atoms with Crippen LogP contribution in [-0.4, -0.2) is 19.0 Å². The minimum absolute atomic E-state index is 0.00144. The first-order chi connectivity index (χ1) is 12.2. The number of carbonyl (C=O) groups is 1. The predicted molar refractivity (Wildman–Crippen MR) is 105 cm³/mol. The fraction of sp³-hybridized carbons (Fsp3) is 0.286. The van der Waals surface area contributed by atoms with Crippen LogP contribution >= 0.6 is 11.3 Å². The molecule has 25 heavy (non-hydrogen) atoms. The molecule has 2 atom stereocenters. The number of likely N-dealkylation sites (N-methyl/N-ethyl adjacent to an activating group) is 1. The van der Waals surface area contributed by atoms with Gasteiger partial charge in [-0.05, 0) is 41.6 Å². The number of amides is 1. The van der Waals surface area contributed by atoms with Gasteiger partial charge in [0.05, 0.1) is 17.5 Å². The Labute approximate surface area is 153 Å². The Kier molecular flexibility index (Phi) is 5.84. The normalized spacial score (nSPS) is 13.5. The van der Waals surface area contributed by atoms with Gasteiger partial charge in [0.25, 0.3) is 5.91 Å². The summed E-state index contributed by atoms with van der Waals surface area (Å²) in [5.74, 6) is 0.105. The SMILES string of the molecule is CC[NH+](CC(=O)N[C@@H](C)c1cccc2ccccc12)Cc1cccs1. The summed E-state index contributed by atoms with van der Waals surface area (Å²) in [6, 6.07) is 18.8. The van der Waals surface area contributed by atoms with E-state index in [1.807, 2.05) is 12.1 Å². The number of benzene rings is 2. The molecule has 0 aliphatic rings. The Morgan fingerprint density at radius 2 is 1.92 bits per heavy atom. The summed E-state index contributed by atoms with van der Waals surface area (Å²) in [5.41, 5.74) is 1.17. The second-order valence-electron chi connectivity index (χ2n) is 6.39. The molecule has 1 heterocycles. The molecule has 0 aliphatic carbocycles. The van der Waals surface area contributed by atoms with Crippen LogP contribution in [0.4, 0.5) is 0 Å². The van der Waals surface area contributed by atoms with Crippen LogP contribution in [0.25, 0.3) is 10.8 Å². The van der Waals surface area contributed by atoms with Gasteiger partial charge in [0.15, 0.2) is 6.54 Å². The van der Waals surface area contributed by atoms with E-state index in [1.165, 1.54) is 26.1 Å². The van der Waals surface area contributed by atoms with Gasteiger partial charge < -0.3 is 10.2 Å². The molecule has 1 unspecified atom stereocenters. The van der Waals surface area contributed by atoms with Crippen LogP contribution in [-0.2, 0) is 11.3 Å². The number of carbonyl (C=O) groups excluding carboxylic acids is 1. The quantitative estimate of drug-likeness (QED) is 0.672.